The lowest BCUT2D eigenvalue weighted by Crippen LogP contribution is -2.25. The van der Waals surface area contributed by atoms with Gasteiger partial charge in [-0.25, -0.2) is 4.79 Å². The highest BCUT2D eigenvalue weighted by molar-refractivity contribution is 5.74. The molecule has 16 heavy (non-hydrogen) atoms. The van der Waals surface area contributed by atoms with E-state index in [0.717, 1.165) is 18.4 Å². The molecule has 0 aliphatic carbocycles. The van der Waals surface area contributed by atoms with E-state index in [0.29, 0.717) is 13.0 Å². The van der Waals surface area contributed by atoms with Gasteiger partial charge in [-0.3, -0.25) is 0 Å². The first-order valence-corrected chi connectivity index (χ1v) is 5.62. The molecule has 1 aromatic rings. The number of carbonyl (C=O) groups is 1. The molecule has 0 aliphatic rings. The molecule has 1 atom stereocenters. The van der Waals surface area contributed by atoms with Crippen molar-refractivity contribution in [2.24, 2.45) is 0 Å². The van der Waals surface area contributed by atoms with Crippen molar-refractivity contribution in [2.75, 3.05) is 6.61 Å². The number of rotatable bonds is 6. The lowest BCUT2D eigenvalue weighted by atomic mass is 10.1. The predicted octanol–water partition coefficient (Wildman–Crippen LogP) is 1.93. The molecule has 0 bridgehead atoms. The maximum Gasteiger partial charge on any atom is 0.335 e. The summed E-state index contributed by atoms with van der Waals surface area (Å²) in [4.78, 5) is 11.3. The second-order valence-corrected chi connectivity index (χ2v) is 3.73. The number of ether oxygens (including phenoxy) is 1. The van der Waals surface area contributed by atoms with Crippen molar-refractivity contribution in [2.45, 2.75) is 32.3 Å². The van der Waals surface area contributed by atoms with Gasteiger partial charge in [0.2, 0.25) is 0 Å². The summed E-state index contributed by atoms with van der Waals surface area (Å²) < 4.78 is 4.93. The molecule has 0 amide bonds. The van der Waals surface area contributed by atoms with Crippen LogP contribution in [0.2, 0.25) is 0 Å². The Morgan fingerprint density at radius 1 is 1.38 bits per heavy atom. The second kappa shape index (κ2) is 7.01. The maximum atomic E-state index is 11.3. The largest absolute Gasteiger partial charge is 0.464 e. The lowest BCUT2D eigenvalue weighted by Gasteiger charge is -2.10. The van der Waals surface area contributed by atoms with Gasteiger partial charge in [-0.1, -0.05) is 43.7 Å². The standard InChI is InChI=1S/C13H18O3/c1-2-3-9-16-13(15)12(14)10-11-7-5-4-6-8-11/h4-8,12,14H,2-3,9-10H2,1H3. The highest BCUT2D eigenvalue weighted by Crippen LogP contribution is 2.04. The minimum absolute atomic E-state index is 0.311. The Morgan fingerprint density at radius 2 is 2.06 bits per heavy atom. The van der Waals surface area contributed by atoms with Crippen molar-refractivity contribution >= 4 is 5.97 Å². The number of esters is 1. The molecular weight excluding hydrogens is 204 g/mol. The summed E-state index contributed by atoms with van der Waals surface area (Å²) >= 11 is 0. The summed E-state index contributed by atoms with van der Waals surface area (Å²) in [5.74, 6) is -0.530. The first-order chi connectivity index (χ1) is 7.74. The molecule has 0 aliphatic heterocycles. The third-order valence-electron chi connectivity index (χ3n) is 2.29. The molecule has 0 aromatic heterocycles. The summed E-state index contributed by atoms with van der Waals surface area (Å²) in [6, 6.07) is 9.41. The molecule has 0 saturated carbocycles. The zero-order valence-electron chi connectivity index (χ0n) is 9.56. The quantitative estimate of drug-likeness (QED) is 0.591. The van der Waals surface area contributed by atoms with E-state index in [9.17, 15) is 9.90 Å². The molecule has 0 fully saturated rings. The smallest absolute Gasteiger partial charge is 0.335 e. The number of unbranched alkanes of at least 4 members (excludes halogenated alkanes) is 1. The van der Waals surface area contributed by atoms with Gasteiger partial charge < -0.3 is 9.84 Å². The number of hydrogen-bond donors (Lipinski definition) is 1. The average Bonchev–Trinajstić information content (AvgIpc) is 2.30. The van der Waals surface area contributed by atoms with E-state index in [1.54, 1.807) is 0 Å². The van der Waals surface area contributed by atoms with Crippen LogP contribution in [0.3, 0.4) is 0 Å². The van der Waals surface area contributed by atoms with Crippen LogP contribution in [0.5, 0.6) is 0 Å². The van der Waals surface area contributed by atoms with Gasteiger partial charge in [-0.05, 0) is 12.0 Å². The number of hydrogen-bond acceptors (Lipinski definition) is 3. The normalized spacial score (nSPS) is 12.1. The van der Waals surface area contributed by atoms with Crippen molar-refractivity contribution in [3.63, 3.8) is 0 Å². The second-order valence-electron chi connectivity index (χ2n) is 3.73. The van der Waals surface area contributed by atoms with Gasteiger partial charge in [0.15, 0.2) is 6.10 Å². The Balaban J connectivity index is 2.34. The minimum atomic E-state index is -1.06. The van der Waals surface area contributed by atoms with Crippen LogP contribution in [-0.4, -0.2) is 23.8 Å². The van der Waals surface area contributed by atoms with E-state index < -0.39 is 12.1 Å². The molecule has 0 heterocycles. The van der Waals surface area contributed by atoms with Gasteiger partial charge >= 0.3 is 5.97 Å². The molecule has 0 saturated heterocycles. The predicted molar refractivity (Wildman–Crippen MR) is 62.0 cm³/mol. The van der Waals surface area contributed by atoms with Crippen LogP contribution in [0.25, 0.3) is 0 Å². The summed E-state index contributed by atoms with van der Waals surface area (Å²) in [6.07, 6.45) is 1.07. The molecular formula is C13H18O3. The van der Waals surface area contributed by atoms with Gasteiger partial charge in [0.05, 0.1) is 6.61 Å². The number of carbonyl (C=O) groups excluding carboxylic acids is 1. The molecule has 1 aromatic carbocycles. The summed E-state index contributed by atoms with van der Waals surface area (Å²) in [5, 5.41) is 9.60. The van der Waals surface area contributed by atoms with Crippen molar-refractivity contribution in [1.82, 2.24) is 0 Å². The summed E-state index contributed by atoms with van der Waals surface area (Å²) in [7, 11) is 0. The molecule has 1 N–H and O–H groups in total. The molecule has 3 nitrogen and oxygen atoms in total. The highest BCUT2D eigenvalue weighted by Gasteiger charge is 2.16. The van der Waals surface area contributed by atoms with Gasteiger partial charge in [0.25, 0.3) is 0 Å². The molecule has 0 radical (unpaired) electrons. The van der Waals surface area contributed by atoms with E-state index in [1.807, 2.05) is 37.3 Å². The van der Waals surface area contributed by atoms with E-state index in [-0.39, 0.29) is 0 Å². The zero-order valence-corrected chi connectivity index (χ0v) is 9.56. The number of aliphatic hydroxyl groups is 1. The highest BCUT2D eigenvalue weighted by atomic mass is 16.5. The average molecular weight is 222 g/mol. The zero-order chi connectivity index (χ0) is 11.8. The van der Waals surface area contributed by atoms with E-state index in [2.05, 4.69) is 0 Å². The van der Waals surface area contributed by atoms with Crippen LogP contribution >= 0.6 is 0 Å². The third kappa shape index (κ3) is 4.45. The molecule has 1 rings (SSSR count). The van der Waals surface area contributed by atoms with Gasteiger partial charge in [-0.2, -0.15) is 0 Å². The van der Waals surface area contributed by atoms with Gasteiger partial charge in [0.1, 0.15) is 0 Å². The van der Waals surface area contributed by atoms with Crippen LogP contribution in [0, 0.1) is 0 Å². The topological polar surface area (TPSA) is 46.5 Å². The van der Waals surface area contributed by atoms with Gasteiger partial charge in [0, 0.05) is 6.42 Å². The van der Waals surface area contributed by atoms with Crippen LogP contribution < -0.4 is 0 Å². The van der Waals surface area contributed by atoms with E-state index in [4.69, 9.17) is 4.74 Å². The number of aliphatic hydroxyl groups excluding tert-OH is 1. The maximum absolute atomic E-state index is 11.3. The monoisotopic (exact) mass is 222 g/mol. The van der Waals surface area contributed by atoms with Crippen LogP contribution in [0.15, 0.2) is 30.3 Å². The van der Waals surface area contributed by atoms with Crippen molar-refractivity contribution in [3.05, 3.63) is 35.9 Å². The summed E-state index contributed by atoms with van der Waals surface area (Å²) in [5.41, 5.74) is 0.933. The molecule has 3 heteroatoms. The van der Waals surface area contributed by atoms with Crippen molar-refractivity contribution < 1.29 is 14.6 Å². The third-order valence-corrected chi connectivity index (χ3v) is 2.29. The van der Waals surface area contributed by atoms with Crippen LogP contribution in [0.1, 0.15) is 25.3 Å². The van der Waals surface area contributed by atoms with Crippen LogP contribution in [0.4, 0.5) is 0 Å². The Morgan fingerprint density at radius 3 is 2.69 bits per heavy atom. The van der Waals surface area contributed by atoms with Gasteiger partial charge in [-0.15, -0.1) is 0 Å². The fraction of sp³-hybridized carbons (Fsp3) is 0.462. The first kappa shape index (κ1) is 12.7. The Hall–Kier alpha value is -1.35. The molecule has 88 valence electrons. The molecule has 1 unspecified atom stereocenters. The van der Waals surface area contributed by atoms with E-state index >= 15 is 0 Å². The number of benzene rings is 1. The van der Waals surface area contributed by atoms with Crippen molar-refractivity contribution in [1.29, 1.82) is 0 Å². The molecule has 0 spiro atoms. The Bertz CT molecular complexity index is 308. The fourth-order valence-corrected chi connectivity index (χ4v) is 1.33. The fourth-order valence-electron chi connectivity index (χ4n) is 1.33. The van der Waals surface area contributed by atoms with Crippen molar-refractivity contribution in [3.8, 4) is 0 Å². The van der Waals surface area contributed by atoms with Crippen LogP contribution in [-0.2, 0) is 16.0 Å². The minimum Gasteiger partial charge on any atom is -0.464 e. The Labute approximate surface area is 96.1 Å². The Kier molecular flexibility index (Phi) is 5.57. The first-order valence-electron chi connectivity index (χ1n) is 5.62. The SMILES string of the molecule is CCCCOC(=O)C(O)Cc1ccccc1. The summed E-state index contributed by atoms with van der Waals surface area (Å²) in [6.45, 7) is 2.41. The lowest BCUT2D eigenvalue weighted by molar-refractivity contribution is -0.153. The van der Waals surface area contributed by atoms with E-state index in [1.165, 1.54) is 0 Å².